The van der Waals surface area contributed by atoms with Crippen molar-refractivity contribution in [2.45, 2.75) is 59.7 Å². The fraction of sp³-hybridized carbons (Fsp3) is 0.667. The minimum atomic E-state index is 0.298. The Balaban J connectivity index is 2.34. The number of hydrogen-bond acceptors (Lipinski definition) is 3. The van der Waals surface area contributed by atoms with Crippen LogP contribution in [0.25, 0.3) is 0 Å². The maximum atomic E-state index is 5.86. The zero-order chi connectivity index (χ0) is 15.7. The molecule has 1 aromatic rings. The van der Waals surface area contributed by atoms with Crippen molar-refractivity contribution >= 4 is 0 Å². The van der Waals surface area contributed by atoms with Gasteiger partial charge in [-0.15, -0.1) is 0 Å². The van der Waals surface area contributed by atoms with Crippen molar-refractivity contribution in [3.05, 3.63) is 29.8 Å². The van der Waals surface area contributed by atoms with E-state index in [1.165, 1.54) is 5.56 Å². The molecule has 120 valence electrons. The van der Waals surface area contributed by atoms with Crippen LogP contribution in [0.1, 0.15) is 46.6 Å². The van der Waals surface area contributed by atoms with E-state index < -0.39 is 0 Å². The Bertz CT molecular complexity index is 391. The monoisotopic (exact) mass is 293 g/mol. The maximum Gasteiger partial charge on any atom is 0.123 e. The van der Waals surface area contributed by atoms with E-state index in [0.29, 0.717) is 31.3 Å². The van der Waals surface area contributed by atoms with E-state index >= 15 is 0 Å². The number of benzene rings is 1. The molecule has 0 saturated carbocycles. The maximum absolute atomic E-state index is 5.86. The van der Waals surface area contributed by atoms with Gasteiger partial charge in [0, 0.05) is 18.2 Å². The third kappa shape index (κ3) is 8.08. The first-order valence-corrected chi connectivity index (χ1v) is 8.04. The zero-order valence-corrected chi connectivity index (χ0v) is 14.2. The predicted molar refractivity (Wildman–Crippen MR) is 88.8 cm³/mol. The van der Waals surface area contributed by atoms with E-state index in [0.717, 1.165) is 18.7 Å². The molecule has 1 rings (SSSR count). The first-order chi connectivity index (χ1) is 9.99. The molecule has 0 aliphatic heterocycles. The molecule has 0 aromatic heterocycles. The molecule has 0 bridgehead atoms. The Kier molecular flexibility index (Phi) is 8.40. The second-order valence-corrected chi connectivity index (χ2v) is 6.30. The highest BCUT2D eigenvalue weighted by atomic mass is 16.5. The van der Waals surface area contributed by atoms with E-state index in [1.54, 1.807) is 0 Å². The first kappa shape index (κ1) is 18.0. The van der Waals surface area contributed by atoms with Crippen molar-refractivity contribution < 1.29 is 9.47 Å². The number of para-hydroxylation sites is 1. The first-order valence-electron chi connectivity index (χ1n) is 8.04. The van der Waals surface area contributed by atoms with Gasteiger partial charge in [-0.25, -0.2) is 0 Å². The van der Waals surface area contributed by atoms with Crippen LogP contribution in [0.4, 0.5) is 0 Å². The normalized spacial score (nSPS) is 12.9. The third-order valence-corrected chi connectivity index (χ3v) is 3.22. The number of rotatable bonds is 10. The summed E-state index contributed by atoms with van der Waals surface area (Å²) in [5.41, 5.74) is 1.20. The molecule has 21 heavy (non-hydrogen) atoms. The third-order valence-electron chi connectivity index (χ3n) is 3.22. The number of ether oxygens (including phenoxy) is 2. The van der Waals surface area contributed by atoms with Crippen molar-refractivity contribution in [1.29, 1.82) is 0 Å². The van der Waals surface area contributed by atoms with Crippen LogP contribution < -0.4 is 10.1 Å². The fourth-order valence-corrected chi connectivity index (χ4v) is 2.24. The lowest BCUT2D eigenvalue weighted by molar-refractivity contribution is 0.0329. The van der Waals surface area contributed by atoms with Crippen LogP contribution in [0.5, 0.6) is 5.75 Å². The quantitative estimate of drug-likeness (QED) is 0.661. The number of hydrogen-bond donors (Lipinski definition) is 1. The summed E-state index contributed by atoms with van der Waals surface area (Å²) in [6.07, 6.45) is 1.39. The summed E-state index contributed by atoms with van der Waals surface area (Å²) in [7, 11) is 0. The molecule has 1 aromatic carbocycles. The standard InChI is InChI=1S/C18H31NO2/c1-14(2)12-16(5)20-10-11-21-18-9-7-6-8-17(18)13-19-15(3)4/h6-9,14-16,19H,10-13H2,1-5H3. The molecule has 1 atom stereocenters. The van der Waals surface area contributed by atoms with Gasteiger partial charge < -0.3 is 14.8 Å². The molecule has 0 radical (unpaired) electrons. The molecule has 0 aliphatic rings. The van der Waals surface area contributed by atoms with Gasteiger partial charge in [0.25, 0.3) is 0 Å². The molecule has 0 saturated heterocycles. The van der Waals surface area contributed by atoms with Gasteiger partial charge in [0.2, 0.25) is 0 Å². The Morgan fingerprint density at radius 3 is 2.38 bits per heavy atom. The molecule has 3 heteroatoms. The second-order valence-electron chi connectivity index (χ2n) is 6.30. The summed E-state index contributed by atoms with van der Waals surface area (Å²) in [6, 6.07) is 8.65. The van der Waals surface area contributed by atoms with Crippen molar-refractivity contribution in [3.8, 4) is 5.75 Å². The summed E-state index contributed by atoms with van der Waals surface area (Å²) >= 11 is 0. The summed E-state index contributed by atoms with van der Waals surface area (Å²) in [5.74, 6) is 1.62. The highest BCUT2D eigenvalue weighted by molar-refractivity contribution is 5.33. The topological polar surface area (TPSA) is 30.5 Å². The van der Waals surface area contributed by atoms with Crippen LogP contribution in [0.3, 0.4) is 0 Å². The van der Waals surface area contributed by atoms with Crippen LogP contribution in [0, 0.1) is 5.92 Å². The van der Waals surface area contributed by atoms with Gasteiger partial charge in [0.05, 0.1) is 12.7 Å². The summed E-state index contributed by atoms with van der Waals surface area (Å²) in [5, 5.41) is 3.42. The van der Waals surface area contributed by atoms with E-state index in [-0.39, 0.29) is 0 Å². The lowest BCUT2D eigenvalue weighted by Crippen LogP contribution is -2.22. The molecule has 0 aliphatic carbocycles. The van der Waals surface area contributed by atoms with Crippen molar-refractivity contribution in [2.24, 2.45) is 5.92 Å². The average Bonchev–Trinajstić information content (AvgIpc) is 2.41. The van der Waals surface area contributed by atoms with Gasteiger partial charge >= 0.3 is 0 Å². The van der Waals surface area contributed by atoms with E-state index in [1.807, 2.05) is 18.2 Å². The molecule has 3 nitrogen and oxygen atoms in total. The van der Waals surface area contributed by atoms with Crippen LogP contribution >= 0.6 is 0 Å². The molecule has 0 amide bonds. The van der Waals surface area contributed by atoms with Gasteiger partial charge in [0.15, 0.2) is 0 Å². The van der Waals surface area contributed by atoms with Crippen LogP contribution in [0.2, 0.25) is 0 Å². The van der Waals surface area contributed by atoms with Gasteiger partial charge in [-0.05, 0) is 25.3 Å². The Morgan fingerprint density at radius 1 is 1.00 bits per heavy atom. The Morgan fingerprint density at radius 2 is 1.71 bits per heavy atom. The lowest BCUT2D eigenvalue weighted by Gasteiger charge is -2.17. The van der Waals surface area contributed by atoms with Crippen LogP contribution in [-0.2, 0) is 11.3 Å². The lowest BCUT2D eigenvalue weighted by atomic mass is 10.1. The van der Waals surface area contributed by atoms with E-state index in [2.05, 4.69) is 46.0 Å². The predicted octanol–water partition coefficient (Wildman–Crippen LogP) is 4.01. The molecule has 0 spiro atoms. The molecule has 1 unspecified atom stereocenters. The summed E-state index contributed by atoms with van der Waals surface area (Å²) in [4.78, 5) is 0. The van der Waals surface area contributed by atoms with Gasteiger partial charge in [-0.2, -0.15) is 0 Å². The highest BCUT2D eigenvalue weighted by Crippen LogP contribution is 2.18. The van der Waals surface area contributed by atoms with Crippen molar-refractivity contribution in [3.63, 3.8) is 0 Å². The second kappa shape index (κ2) is 9.80. The van der Waals surface area contributed by atoms with E-state index in [9.17, 15) is 0 Å². The van der Waals surface area contributed by atoms with Crippen molar-refractivity contribution in [2.75, 3.05) is 13.2 Å². The molecular weight excluding hydrogens is 262 g/mol. The van der Waals surface area contributed by atoms with Crippen LogP contribution in [0.15, 0.2) is 24.3 Å². The largest absolute Gasteiger partial charge is 0.491 e. The SMILES string of the molecule is CC(C)CC(C)OCCOc1ccccc1CNC(C)C. The highest BCUT2D eigenvalue weighted by Gasteiger charge is 2.06. The van der Waals surface area contributed by atoms with Gasteiger partial charge in [-0.1, -0.05) is 45.9 Å². The smallest absolute Gasteiger partial charge is 0.123 e. The minimum Gasteiger partial charge on any atom is -0.491 e. The fourth-order valence-electron chi connectivity index (χ4n) is 2.24. The Labute approximate surface area is 130 Å². The molecule has 0 heterocycles. The molecule has 1 N–H and O–H groups in total. The molecule has 0 fully saturated rings. The van der Waals surface area contributed by atoms with E-state index in [4.69, 9.17) is 9.47 Å². The summed E-state index contributed by atoms with van der Waals surface area (Å²) in [6.45, 7) is 12.9. The van der Waals surface area contributed by atoms with Gasteiger partial charge in [0.1, 0.15) is 12.4 Å². The minimum absolute atomic E-state index is 0.298. The number of nitrogens with one attached hydrogen (secondary N) is 1. The summed E-state index contributed by atoms with van der Waals surface area (Å²) < 4.78 is 11.6. The average molecular weight is 293 g/mol. The van der Waals surface area contributed by atoms with Crippen molar-refractivity contribution in [1.82, 2.24) is 5.32 Å². The van der Waals surface area contributed by atoms with Crippen LogP contribution in [-0.4, -0.2) is 25.4 Å². The Hall–Kier alpha value is -1.06. The zero-order valence-electron chi connectivity index (χ0n) is 14.2. The van der Waals surface area contributed by atoms with Gasteiger partial charge in [-0.3, -0.25) is 0 Å². The molecular formula is C18H31NO2.